The summed E-state index contributed by atoms with van der Waals surface area (Å²) in [5, 5.41) is 6.04. The molecule has 1 atom stereocenters. The number of aromatic nitrogens is 1. The number of nitrogens with zero attached hydrogens (tertiary/aromatic N) is 2. The van der Waals surface area contributed by atoms with Gasteiger partial charge in [0.25, 0.3) is 11.8 Å². The third kappa shape index (κ3) is 3.33. The summed E-state index contributed by atoms with van der Waals surface area (Å²) in [5.41, 5.74) is 2.71. The monoisotopic (exact) mass is 466 g/mol. The van der Waals surface area contributed by atoms with Crippen LogP contribution in [0.5, 0.6) is 0 Å². The van der Waals surface area contributed by atoms with Gasteiger partial charge in [-0.3, -0.25) is 19.9 Å². The molecule has 4 amide bonds. The topological polar surface area (TPSA) is 91.4 Å². The van der Waals surface area contributed by atoms with E-state index in [4.69, 9.17) is 0 Å². The molecule has 3 aromatic carbocycles. The van der Waals surface area contributed by atoms with Crippen molar-refractivity contribution in [3.8, 4) is 11.1 Å². The van der Waals surface area contributed by atoms with Gasteiger partial charge in [0.05, 0.1) is 12.1 Å². The number of carbonyl (C=O) groups excluding carboxylic acids is 3. The SMILES string of the molecule is O=C1NC(=O)C(CN2Cc3ccc(F)cc3C2=O)(c2ccc(-c3cccc4cccnc34)cc2)N1. The Morgan fingerprint density at radius 2 is 1.74 bits per heavy atom. The summed E-state index contributed by atoms with van der Waals surface area (Å²) in [4.78, 5) is 44.2. The highest BCUT2D eigenvalue weighted by molar-refractivity contribution is 6.08. The molecule has 0 aliphatic carbocycles. The Bertz CT molecular complexity index is 1530. The largest absolute Gasteiger partial charge is 0.331 e. The highest BCUT2D eigenvalue weighted by Gasteiger charge is 2.50. The molecule has 8 heteroatoms. The lowest BCUT2D eigenvalue weighted by Crippen LogP contribution is -2.52. The molecule has 2 N–H and O–H groups in total. The quantitative estimate of drug-likeness (QED) is 0.449. The molecule has 2 aliphatic heterocycles. The third-order valence-electron chi connectivity index (χ3n) is 6.64. The maximum atomic E-state index is 13.7. The van der Waals surface area contributed by atoms with Gasteiger partial charge in [0.15, 0.2) is 5.54 Å². The highest BCUT2D eigenvalue weighted by atomic mass is 19.1. The number of urea groups is 1. The second-order valence-electron chi connectivity index (χ2n) is 8.73. The minimum Gasteiger partial charge on any atom is -0.331 e. The van der Waals surface area contributed by atoms with Crippen LogP contribution in [0.2, 0.25) is 0 Å². The standard InChI is InChI=1S/C27H19FN4O3/c28-20-11-8-18-14-32(24(33)22(18)13-20)15-27(25(34)30-26(35)31-27)19-9-6-16(7-10-19)21-5-1-3-17-4-2-12-29-23(17)21/h1-13H,14-15H2,(H2,30,31,34,35). The van der Waals surface area contributed by atoms with Crippen LogP contribution in [0.25, 0.3) is 22.0 Å². The zero-order valence-corrected chi connectivity index (χ0v) is 18.4. The normalized spacial score (nSPS) is 19.1. The average Bonchev–Trinajstić information content (AvgIpc) is 3.33. The van der Waals surface area contributed by atoms with Crippen LogP contribution >= 0.6 is 0 Å². The molecule has 0 radical (unpaired) electrons. The molecule has 2 aliphatic rings. The van der Waals surface area contributed by atoms with Gasteiger partial charge in [0.1, 0.15) is 5.82 Å². The molecule has 1 fully saturated rings. The first-order valence-corrected chi connectivity index (χ1v) is 11.1. The van der Waals surface area contributed by atoms with Gasteiger partial charge < -0.3 is 10.2 Å². The Morgan fingerprint density at radius 1 is 0.943 bits per heavy atom. The predicted molar refractivity (Wildman–Crippen MR) is 127 cm³/mol. The molecule has 1 unspecified atom stereocenters. The number of hydrogen-bond acceptors (Lipinski definition) is 4. The van der Waals surface area contributed by atoms with Crippen molar-refractivity contribution in [1.29, 1.82) is 0 Å². The number of hydrogen-bond donors (Lipinski definition) is 2. The van der Waals surface area contributed by atoms with E-state index in [1.54, 1.807) is 24.4 Å². The molecule has 0 spiro atoms. The van der Waals surface area contributed by atoms with Crippen LogP contribution in [0.4, 0.5) is 9.18 Å². The Balaban J connectivity index is 1.37. The maximum Gasteiger partial charge on any atom is 0.322 e. The van der Waals surface area contributed by atoms with E-state index in [1.165, 1.54) is 17.0 Å². The number of imide groups is 1. The summed E-state index contributed by atoms with van der Waals surface area (Å²) in [7, 11) is 0. The van der Waals surface area contributed by atoms with Gasteiger partial charge >= 0.3 is 6.03 Å². The van der Waals surface area contributed by atoms with Crippen LogP contribution in [0.3, 0.4) is 0 Å². The smallest absolute Gasteiger partial charge is 0.322 e. The number of benzene rings is 3. The minimum atomic E-state index is -1.47. The van der Waals surface area contributed by atoms with E-state index in [-0.39, 0.29) is 24.6 Å². The Kier molecular flexibility index (Phi) is 4.63. The van der Waals surface area contributed by atoms with Crippen LogP contribution in [-0.2, 0) is 16.9 Å². The first-order valence-electron chi connectivity index (χ1n) is 11.1. The summed E-state index contributed by atoms with van der Waals surface area (Å²) in [6, 6.07) is 20.5. The molecule has 6 rings (SSSR count). The predicted octanol–water partition coefficient (Wildman–Crippen LogP) is 3.73. The molecule has 0 saturated carbocycles. The summed E-state index contributed by atoms with van der Waals surface area (Å²) in [6.45, 7) is 0.133. The van der Waals surface area contributed by atoms with Gasteiger partial charge in [-0.1, -0.05) is 54.6 Å². The zero-order chi connectivity index (χ0) is 24.2. The van der Waals surface area contributed by atoms with Gasteiger partial charge in [0, 0.05) is 29.3 Å². The van der Waals surface area contributed by atoms with Crippen LogP contribution < -0.4 is 10.6 Å². The van der Waals surface area contributed by atoms with Crippen LogP contribution in [0, 0.1) is 5.82 Å². The van der Waals surface area contributed by atoms with Gasteiger partial charge in [-0.2, -0.15) is 0 Å². The number of halogens is 1. The lowest BCUT2D eigenvalue weighted by Gasteiger charge is -2.31. The average molecular weight is 466 g/mol. The first kappa shape index (κ1) is 21.0. The number of amides is 4. The van der Waals surface area contributed by atoms with E-state index < -0.39 is 23.3 Å². The van der Waals surface area contributed by atoms with E-state index in [2.05, 4.69) is 15.6 Å². The molecular formula is C27H19FN4O3. The van der Waals surface area contributed by atoms with Crippen LogP contribution in [0.15, 0.2) is 79.0 Å². The van der Waals surface area contributed by atoms with Crippen molar-refractivity contribution in [1.82, 2.24) is 20.5 Å². The number of para-hydroxylation sites is 1. The fourth-order valence-corrected chi connectivity index (χ4v) is 4.92. The summed E-state index contributed by atoms with van der Waals surface area (Å²) < 4.78 is 13.7. The van der Waals surface area contributed by atoms with Crippen LogP contribution in [-0.4, -0.2) is 34.3 Å². The van der Waals surface area contributed by atoms with E-state index in [0.717, 1.165) is 22.0 Å². The van der Waals surface area contributed by atoms with Crippen molar-refractivity contribution in [2.24, 2.45) is 0 Å². The summed E-state index contributed by atoms with van der Waals surface area (Å²) >= 11 is 0. The van der Waals surface area contributed by atoms with E-state index in [0.29, 0.717) is 11.1 Å². The molecule has 7 nitrogen and oxygen atoms in total. The Morgan fingerprint density at radius 3 is 2.51 bits per heavy atom. The Labute approximate surface area is 199 Å². The van der Waals surface area contributed by atoms with Gasteiger partial charge in [0.2, 0.25) is 0 Å². The molecule has 3 heterocycles. The van der Waals surface area contributed by atoms with E-state index >= 15 is 0 Å². The van der Waals surface area contributed by atoms with Gasteiger partial charge in [-0.15, -0.1) is 0 Å². The second-order valence-corrected chi connectivity index (χ2v) is 8.73. The molecule has 1 saturated heterocycles. The van der Waals surface area contributed by atoms with Crippen molar-refractivity contribution in [3.05, 3.63) is 102 Å². The molecule has 4 aromatic rings. The number of nitrogens with one attached hydrogen (secondary N) is 2. The van der Waals surface area contributed by atoms with E-state index in [1.807, 2.05) is 42.5 Å². The molecular weight excluding hydrogens is 447 g/mol. The maximum absolute atomic E-state index is 13.7. The fraction of sp³-hybridized carbons (Fsp3) is 0.111. The lowest BCUT2D eigenvalue weighted by atomic mass is 9.87. The highest BCUT2D eigenvalue weighted by Crippen LogP contribution is 2.33. The zero-order valence-electron chi connectivity index (χ0n) is 18.4. The van der Waals surface area contributed by atoms with Crippen molar-refractivity contribution >= 4 is 28.7 Å². The number of rotatable bonds is 4. The Hall–Kier alpha value is -4.59. The van der Waals surface area contributed by atoms with E-state index in [9.17, 15) is 18.8 Å². The third-order valence-corrected chi connectivity index (χ3v) is 6.64. The molecule has 1 aromatic heterocycles. The summed E-state index contributed by atoms with van der Waals surface area (Å²) in [6.07, 6.45) is 1.74. The molecule has 172 valence electrons. The lowest BCUT2D eigenvalue weighted by molar-refractivity contribution is -0.124. The minimum absolute atomic E-state index is 0.0884. The number of carbonyl (C=O) groups is 3. The van der Waals surface area contributed by atoms with Crippen molar-refractivity contribution in [2.75, 3.05) is 6.54 Å². The fourth-order valence-electron chi connectivity index (χ4n) is 4.92. The van der Waals surface area contributed by atoms with Crippen LogP contribution in [0.1, 0.15) is 21.5 Å². The second kappa shape index (κ2) is 7.73. The van der Waals surface area contributed by atoms with Gasteiger partial charge in [-0.25, -0.2) is 9.18 Å². The number of pyridine rings is 1. The number of fused-ring (bicyclic) bond motifs is 2. The van der Waals surface area contributed by atoms with Crippen molar-refractivity contribution in [3.63, 3.8) is 0 Å². The molecule has 0 bridgehead atoms. The first-order chi connectivity index (χ1) is 16.9. The van der Waals surface area contributed by atoms with Crippen molar-refractivity contribution in [2.45, 2.75) is 12.1 Å². The van der Waals surface area contributed by atoms with Crippen molar-refractivity contribution < 1.29 is 18.8 Å². The van der Waals surface area contributed by atoms with Gasteiger partial charge in [-0.05, 0) is 34.9 Å². The summed E-state index contributed by atoms with van der Waals surface area (Å²) in [5.74, 6) is -1.43. The molecule has 35 heavy (non-hydrogen) atoms.